The van der Waals surface area contributed by atoms with Gasteiger partial charge >= 0.3 is 0 Å². The maximum Gasteiger partial charge on any atom is 0.0209 e. The number of nitrogens with one attached hydrogen (secondary N) is 1. The lowest BCUT2D eigenvalue weighted by atomic mass is 10.1. The largest absolute Gasteiger partial charge is 0.329 e. The topological polar surface area (TPSA) is 64.1 Å². The highest BCUT2D eigenvalue weighted by Gasteiger charge is 1.97. The number of nitrogens with two attached hydrogens (primary N) is 2. The first-order valence-electron chi connectivity index (χ1n) is 4.56. The van der Waals surface area contributed by atoms with Crippen LogP contribution in [-0.4, -0.2) is 13.1 Å². The van der Waals surface area contributed by atoms with Crippen molar-refractivity contribution in [2.45, 2.75) is 13.1 Å². The minimum absolute atomic E-state index is 0.598. The van der Waals surface area contributed by atoms with Gasteiger partial charge in [-0.3, -0.25) is 0 Å². The summed E-state index contributed by atoms with van der Waals surface area (Å²) >= 11 is 0. The van der Waals surface area contributed by atoms with Crippen molar-refractivity contribution < 1.29 is 0 Å². The average molecular weight is 179 g/mol. The second kappa shape index (κ2) is 5.70. The van der Waals surface area contributed by atoms with Crippen LogP contribution in [0, 0.1) is 0 Å². The Balaban J connectivity index is 2.54. The summed E-state index contributed by atoms with van der Waals surface area (Å²) in [5.74, 6) is 0. The average Bonchev–Trinajstić information content (AvgIpc) is 2.19. The van der Waals surface area contributed by atoms with Crippen molar-refractivity contribution in [3.05, 3.63) is 35.4 Å². The zero-order valence-electron chi connectivity index (χ0n) is 7.79. The van der Waals surface area contributed by atoms with Gasteiger partial charge in [-0.05, 0) is 11.1 Å². The molecule has 0 saturated heterocycles. The van der Waals surface area contributed by atoms with Crippen LogP contribution in [0.2, 0.25) is 0 Å². The van der Waals surface area contributed by atoms with Crippen LogP contribution in [0.5, 0.6) is 0 Å². The van der Waals surface area contributed by atoms with Crippen LogP contribution in [0.25, 0.3) is 0 Å². The summed E-state index contributed by atoms with van der Waals surface area (Å²) in [6, 6.07) is 8.18. The van der Waals surface area contributed by atoms with Crippen LogP contribution in [0.15, 0.2) is 24.3 Å². The van der Waals surface area contributed by atoms with Crippen molar-refractivity contribution in [1.82, 2.24) is 5.32 Å². The molecule has 0 aromatic heterocycles. The fourth-order valence-corrected chi connectivity index (χ4v) is 1.25. The van der Waals surface area contributed by atoms with E-state index in [4.69, 9.17) is 11.5 Å². The molecule has 0 aliphatic heterocycles. The van der Waals surface area contributed by atoms with E-state index in [-0.39, 0.29) is 0 Å². The highest BCUT2D eigenvalue weighted by molar-refractivity contribution is 5.26. The molecule has 0 heterocycles. The molecule has 3 nitrogen and oxygen atoms in total. The molecule has 72 valence electrons. The van der Waals surface area contributed by atoms with E-state index >= 15 is 0 Å². The SMILES string of the molecule is NCCNCc1ccccc1CN. The van der Waals surface area contributed by atoms with Gasteiger partial charge in [0.05, 0.1) is 0 Å². The summed E-state index contributed by atoms with van der Waals surface area (Å²) in [5, 5.41) is 3.25. The fourth-order valence-electron chi connectivity index (χ4n) is 1.25. The maximum atomic E-state index is 5.60. The molecule has 1 aromatic carbocycles. The Hall–Kier alpha value is -0.900. The van der Waals surface area contributed by atoms with Crippen LogP contribution < -0.4 is 16.8 Å². The van der Waals surface area contributed by atoms with Gasteiger partial charge in [-0.15, -0.1) is 0 Å². The van der Waals surface area contributed by atoms with Gasteiger partial charge in [0.15, 0.2) is 0 Å². The third kappa shape index (κ3) is 3.14. The predicted octanol–water partition coefficient (Wildman–Crippen LogP) is 0.194. The number of rotatable bonds is 5. The van der Waals surface area contributed by atoms with E-state index < -0.39 is 0 Å². The second-order valence-electron chi connectivity index (χ2n) is 2.94. The summed E-state index contributed by atoms with van der Waals surface area (Å²) in [6.07, 6.45) is 0. The third-order valence-electron chi connectivity index (χ3n) is 1.97. The van der Waals surface area contributed by atoms with E-state index in [0.29, 0.717) is 13.1 Å². The Kier molecular flexibility index (Phi) is 4.46. The first-order valence-corrected chi connectivity index (χ1v) is 4.56. The zero-order chi connectivity index (χ0) is 9.52. The number of hydrogen-bond donors (Lipinski definition) is 3. The molecule has 0 unspecified atom stereocenters. The molecule has 0 saturated carbocycles. The normalized spacial score (nSPS) is 10.3. The minimum atomic E-state index is 0.598. The van der Waals surface area contributed by atoms with E-state index in [1.54, 1.807) is 0 Å². The van der Waals surface area contributed by atoms with Crippen molar-refractivity contribution in [3.63, 3.8) is 0 Å². The van der Waals surface area contributed by atoms with Crippen LogP contribution in [-0.2, 0) is 13.1 Å². The summed E-state index contributed by atoms with van der Waals surface area (Å²) in [4.78, 5) is 0. The maximum absolute atomic E-state index is 5.60. The third-order valence-corrected chi connectivity index (χ3v) is 1.97. The van der Waals surface area contributed by atoms with Gasteiger partial charge in [0.1, 0.15) is 0 Å². The highest BCUT2D eigenvalue weighted by atomic mass is 14.9. The van der Waals surface area contributed by atoms with Crippen LogP contribution >= 0.6 is 0 Å². The lowest BCUT2D eigenvalue weighted by molar-refractivity contribution is 0.689. The highest BCUT2D eigenvalue weighted by Crippen LogP contribution is 2.06. The van der Waals surface area contributed by atoms with Crippen LogP contribution in [0.4, 0.5) is 0 Å². The Morgan fingerprint density at radius 1 is 1.08 bits per heavy atom. The van der Waals surface area contributed by atoms with Gasteiger partial charge in [-0.25, -0.2) is 0 Å². The standard InChI is InChI=1S/C10H17N3/c11-5-6-13-8-10-4-2-1-3-9(10)7-12/h1-4,13H,5-8,11-12H2. The molecule has 3 heteroatoms. The monoisotopic (exact) mass is 179 g/mol. The lowest BCUT2D eigenvalue weighted by Crippen LogP contribution is -2.22. The molecule has 0 fully saturated rings. The zero-order valence-corrected chi connectivity index (χ0v) is 7.79. The molecule has 0 aliphatic carbocycles. The second-order valence-corrected chi connectivity index (χ2v) is 2.94. The summed E-state index contributed by atoms with van der Waals surface area (Å²) < 4.78 is 0. The minimum Gasteiger partial charge on any atom is -0.329 e. The molecule has 1 rings (SSSR count). The Bertz CT molecular complexity index is 248. The van der Waals surface area contributed by atoms with Crippen molar-refractivity contribution in [2.75, 3.05) is 13.1 Å². The van der Waals surface area contributed by atoms with Gasteiger partial charge in [-0.2, -0.15) is 0 Å². The smallest absolute Gasteiger partial charge is 0.0209 e. The summed E-state index contributed by atoms with van der Waals surface area (Å²) in [5.41, 5.74) is 13.4. The van der Waals surface area contributed by atoms with Crippen LogP contribution in [0.1, 0.15) is 11.1 Å². The van der Waals surface area contributed by atoms with E-state index in [9.17, 15) is 0 Å². The molecule has 0 atom stereocenters. The molecule has 0 bridgehead atoms. The Labute approximate surface area is 79.1 Å². The first-order chi connectivity index (χ1) is 6.38. The molecular formula is C10H17N3. The van der Waals surface area contributed by atoms with Crippen molar-refractivity contribution in [2.24, 2.45) is 11.5 Å². The van der Waals surface area contributed by atoms with Crippen molar-refractivity contribution in [1.29, 1.82) is 0 Å². The van der Waals surface area contributed by atoms with Gasteiger partial charge in [-0.1, -0.05) is 24.3 Å². The molecule has 0 spiro atoms. The number of benzene rings is 1. The van der Waals surface area contributed by atoms with E-state index in [1.165, 1.54) is 11.1 Å². The molecule has 0 aliphatic rings. The van der Waals surface area contributed by atoms with E-state index in [0.717, 1.165) is 13.1 Å². The Morgan fingerprint density at radius 2 is 1.77 bits per heavy atom. The molecule has 1 aromatic rings. The summed E-state index contributed by atoms with van der Waals surface area (Å²) in [7, 11) is 0. The first kappa shape index (κ1) is 10.2. The molecule has 0 radical (unpaired) electrons. The molecular weight excluding hydrogens is 162 g/mol. The molecule has 13 heavy (non-hydrogen) atoms. The number of hydrogen-bond acceptors (Lipinski definition) is 3. The molecule has 5 N–H and O–H groups in total. The lowest BCUT2D eigenvalue weighted by Gasteiger charge is -2.07. The quantitative estimate of drug-likeness (QED) is 0.565. The van der Waals surface area contributed by atoms with Crippen LogP contribution in [0.3, 0.4) is 0 Å². The van der Waals surface area contributed by atoms with Crippen molar-refractivity contribution in [3.8, 4) is 0 Å². The van der Waals surface area contributed by atoms with Gasteiger partial charge in [0.2, 0.25) is 0 Å². The Morgan fingerprint density at radius 3 is 2.38 bits per heavy atom. The molecule has 0 amide bonds. The fraction of sp³-hybridized carbons (Fsp3) is 0.400. The van der Waals surface area contributed by atoms with E-state index in [1.807, 2.05) is 12.1 Å². The van der Waals surface area contributed by atoms with E-state index in [2.05, 4.69) is 17.4 Å². The predicted molar refractivity (Wildman–Crippen MR) is 55.1 cm³/mol. The van der Waals surface area contributed by atoms with Gasteiger partial charge in [0, 0.05) is 26.2 Å². The van der Waals surface area contributed by atoms with Crippen molar-refractivity contribution >= 4 is 0 Å². The van der Waals surface area contributed by atoms with Gasteiger partial charge < -0.3 is 16.8 Å². The summed E-state index contributed by atoms with van der Waals surface area (Å²) in [6.45, 7) is 2.97. The van der Waals surface area contributed by atoms with Gasteiger partial charge in [0.25, 0.3) is 0 Å².